The minimum atomic E-state index is -0.212. The van der Waals surface area contributed by atoms with Crippen molar-refractivity contribution in [1.29, 1.82) is 0 Å². The van der Waals surface area contributed by atoms with E-state index in [9.17, 15) is 4.39 Å². The topological polar surface area (TPSA) is 38.1 Å². The van der Waals surface area contributed by atoms with Crippen LogP contribution in [0.2, 0.25) is 0 Å². The average Bonchev–Trinajstić information content (AvgIpc) is 2.63. The summed E-state index contributed by atoms with van der Waals surface area (Å²) in [6.07, 6.45) is 0.448. The fourth-order valence-electron chi connectivity index (χ4n) is 1.52. The fraction of sp³-hybridized carbons (Fsp3) is 0.250. The van der Waals surface area contributed by atoms with E-state index in [0.29, 0.717) is 23.8 Å². The third-order valence-corrected chi connectivity index (χ3v) is 2.42. The van der Waals surface area contributed by atoms with Gasteiger partial charge in [0.15, 0.2) is 0 Å². The summed E-state index contributed by atoms with van der Waals surface area (Å²) in [7, 11) is 1.73. The highest BCUT2D eigenvalue weighted by atomic mass is 19.1. The highest BCUT2D eigenvalue weighted by Gasteiger charge is 2.10. The molecule has 16 heavy (non-hydrogen) atoms. The van der Waals surface area contributed by atoms with Crippen LogP contribution in [0.1, 0.15) is 17.0 Å². The molecule has 4 heteroatoms. The Kier molecular flexibility index (Phi) is 2.90. The van der Waals surface area contributed by atoms with Gasteiger partial charge in [0.2, 0.25) is 0 Å². The molecule has 2 rings (SSSR count). The lowest BCUT2D eigenvalue weighted by Crippen LogP contribution is -1.95. The molecule has 1 N–H and O–H groups in total. The number of aromatic nitrogens is 1. The van der Waals surface area contributed by atoms with E-state index in [0.717, 1.165) is 5.69 Å². The number of oxazole rings is 1. The molecule has 0 aliphatic rings. The van der Waals surface area contributed by atoms with Gasteiger partial charge in [-0.2, -0.15) is 4.98 Å². The minimum absolute atomic E-state index is 0.212. The summed E-state index contributed by atoms with van der Waals surface area (Å²) in [5, 5.41) is 2.82. The summed E-state index contributed by atoms with van der Waals surface area (Å²) >= 11 is 0. The van der Waals surface area contributed by atoms with Crippen LogP contribution in [0.15, 0.2) is 28.7 Å². The number of rotatable bonds is 3. The first-order valence-electron chi connectivity index (χ1n) is 5.08. The molecule has 0 unspecified atom stereocenters. The lowest BCUT2D eigenvalue weighted by atomic mass is 10.1. The number of hydrogen-bond donors (Lipinski definition) is 1. The molecule has 1 heterocycles. The Morgan fingerprint density at radius 1 is 1.38 bits per heavy atom. The molecule has 1 aromatic carbocycles. The van der Waals surface area contributed by atoms with E-state index in [-0.39, 0.29) is 5.82 Å². The van der Waals surface area contributed by atoms with Crippen molar-refractivity contribution in [2.45, 2.75) is 13.3 Å². The van der Waals surface area contributed by atoms with Gasteiger partial charge < -0.3 is 9.73 Å². The monoisotopic (exact) mass is 220 g/mol. The number of anilines is 1. The van der Waals surface area contributed by atoms with Gasteiger partial charge in [-0.1, -0.05) is 18.2 Å². The van der Waals surface area contributed by atoms with Gasteiger partial charge in [0.25, 0.3) is 6.01 Å². The molecule has 0 atom stereocenters. The zero-order valence-corrected chi connectivity index (χ0v) is 9.25. The van der Waals surface area contributed by atoms with E-state index in [1.54, 1.807) is 19.2 Å². The summed E-state index contributed by atoms with van der Waals surface area (Å²) in [6, 6.07) is 7.15. The van der Waals surface area contributed by atoms with Gasteiger partial charge in [0.1, 0.15) is 11.6 Å². The summed E-state index contributed by atoms with van der Waals surface area (Å²) in [5.41, 5.74) is 1.39. The van der Waals surface area contributed by atoms with Crippen LogP contribution in [0.25, 0.3) is 0 Å². The Labute approximate surface area is 93.3 Å². The van der Waals surface area contributed by atoms with Gasteiger partial charge in [0.05, 0.1) is 5.69 Å². The van der Waals surface area contributed by atoms with Crippen molar-refractivity contribution >= 4 is 6.01 Å². The van der Waals surface area contributed by atoms with Crippen molar-refractivity contribution in [2.24, 2.45) is 0 Å². The SMILES string of the molecule is CNc1nc(Cc2ccccc2F)c(C)o1. The first-order chi connectivity index (χ1) is 7.70. The summed E-state index contributed by atoms with van der Waals surface area (Å²) < 4.78 is 18.8. The molecule has 3 nitrogen and oxygen atoms in total. The maximum absolute atomic E-state index is 13.4. The number of nitrogens with zero attached hydrogens (tertiary/aromatic N) is 1. The van der Waals surface area contributed by atoms with E-state index in [1.807, 2.05) is 13.0 Å². The number of hydrogen-bond acceptors (Lipinski definition) is 3. The van der Waals surface area contributed by atoms with Gasteiger partial charge in [-0.3, -0.25) is 0 Å². The van der Waals surface area contributed by atoms with Crippen molar-refractivity contribution in [2.75, 3.05) is 12.4 Å². The predicted molar refractivity (Wildman–Crippen MR) is 60.0 cm³/mol. The van der Waals surface area contributed by atoms with Crippen molar-refractivity contribution < 1.29 is 8.81 Å². The van der Waals surface area contributed by atoms with E-state index < -0.39 is 0 Å². The summed E-state index contributed by atoms with van der Waals surface area (Å²) in [4.78, 5) is 4.22. The van der Waals surface area contributed by atoms with Crippen LogP contribution in [0, 0.1) is 12.7 Å². The molecule has 2 aromatic rings. The highest BCUT2D eigenvalue weighted by molar-refractivity contribution is 5.29. The maximum atomic E-state index is 13.4. The van der Waals surface area contributed by atoms with Crippen LogP contribution < -0.4 is 5.32 Å². The second kappa shape index (κ2) is 4.35. The predicted octanol–water partition coefficient (Wildman–Crippen LogP) is 2.75. The third-order valence-electron chi connectivity index (χ3n) is 2.42. The molecule has 0 fully saturated rings. The maximum Gasteiger partial charge on any atom is 0.294 e. The van der Waals surface area contributed by atoms with Crippen LogP contribution in [-0.2, 0) is 6.42 Å². The minimum Gasteiger partial charge on any atom is -0.429 e. The zero-order valence-electron chi connectivity index (χ0n) is 9.25. The van der Waals surface area contributed by atoms with Gasteiger partial charge >= 0.3 is 0 Å². The average molecular weight is 220 g/mol. The van der Waals surface area contributed by atoms with Crippen LogP contribution in [-0.4, -0.2) is 12.0 Å². The third kappa shape index (κ3) is 2.05. The van der Waals surface area contributed by atoms with E-state index in [4.69, 9.17) is 4.42 Å². The van der Waals surface area contributed by atoms with E-state index >= 15 is 0 Å². The van der Waals surface area contributed by atoms with Crippen molar-refractivity contribution in [3.8, 4) is 0 Å². The smallest absolute Gasteiger partial charge is 0.294 e. The Balaban J connectivity index is 2.27. The first-order valence-corrected chi connectivity index (χ1v) is 5.08. The van der Waals surface area contributed by atoms with Crippen LogP contribution >= 0.6 is 0 Å². The first kappa shape index (κ1) is 10.7. The van der Waals surface area contributed by atoms with Crippen molar-refractivity contribution in [3.63, 3.8) is 0 Å². The van der Waals surface area contributed by atoms with E-state index in [1.165, 1.54) is 6.07 Å². The molecule has 0 saturated carbocycles. The molecule has 84 valence electrons. The zero-order chi connectivity index (χ0) is 11.5. The lowest BCUT2D eigenvalue weighted by Gasteiger charge is -1.99. The van der Waals surface area contributed by atoms with Crippen molar-refractivity contribution in [3.05, 3.63) is 47.1 Å². The molecule has 0 radical (unpaired) electrons. The molecule has 0 bridgehead atoms. The Bertz CT molecular complexity index is 494. The fourth-order valence-corrected chi connectivity index (χ4v) is 1.52. The quantitative estimate of drug-likeness (QED) is 0.864. The number of aryl methyl sites for hydroxylation is 1. The van der Waals surface area contributed by atoms with E-state index in [2.05, 4.69) is 10.3 Å². The molecular formula is C12H13FN2O. The van der Waals surface area contributed by atoms with Gasteiger partial charge in [0, 0.05) is 13.5 Å². The second-order valence-corrected chi connectivity index (χ2v) is 3.54. The number of halogens is 1. The normalized spacial score (nSPS) is 10.4. The highest BCUT2D eigenvalue weighted by Crippen LogP contribution is 2.18. The van der Waals surface area contributed by atoms with Crippen LogP contribution in [0.4, 0.5) is 10.4 Å². The molecule has 1 aromatic heterocycles. The molecular weight excluding hydrogens is 207 g/mol. The Morgan fingerprint density at radius 2 is 2.12 bits per heavy atom. The largest absolute Gasteiger partial charge is 0.429 e. The Morgan fingerprint density at radius 3 is 2.75 bits per heavy atom. The summed E-state index contributed by atoms with van der Waals surface area (Å²) in [6.45, 7) is 1.82. The van der Waals surface area contributed by atoms with Crippen LogP contribution in [0.5, 0.6) is 0 Å². The lowest BCUT2D eigenvalue weighted by molar-refractivity contribution is 0.541. The second-order valence-electron chi connectivity index (χ2n) is 3.54. The molecule has 0 saturated heterocycles. The van der Waals surface area contributed by atoms with Gasteiger partial charge in [-0.25, -0.2) is 4.39 Å². The molecule has 0 aliphatic carbocycles. The van der Waals surface area contributed by atoms with Gasteiger partial charge in [-0.15, -0.1) is 0 Å². The van der Waals surface area contributed by atoms with Crippen LogP contribution in [0.3, 0.4) is 0 Å². The van der Waals surface area contributed by atoms with Gasteiger partial charge in [-0.05, 0) is 18.6 Å². The summed E-state index contributed by atoms with van der Waals surface area (Å²) in [5.74, 6) is 0.503. The molecule has 0 spiro atoms. The van der Waals surface area contributed by atoms with Crippen molar-refractivity contribution in [1.82, 2.24) is 4.98 Å². The Hall–Kier alpha value is -1.84. The number of benzene rings is 1. The standard InChI is InChI=1S/C12H13FN2O/c1-8-11(15-12(14-2)16-8)7-9-5-3-4-6-10(9)13/h3-6H,7H2,1-2H3,(H,14,15). The molecule has 0 amide bonds. The number of nitrogens with one attached hydrogen (secondary N) is 1. The molecule has 0 aliphatic heterocycles.